The third kappa shape index (κ3) is 10.8. The zero-order valence-corrected chi connectivity index (χ0v) is 29.2. The SMILES string of the molecule is CC(=O)Oc1cc(Oc2c(O)cc(O)cc2O)cc(Oc2c(OC(C)=O)cc(Oc3c(OC(C)=O)cc(OC(C)=O)cc3OC(C)=O)cc2OC(C)=O)c1. The fourth-order valence-electron chi connectivity index (χ4n) is 4.44. The smallest absolute Gasteiger partial charge is 0.308 e. The van der Waals surface area contributed by atoms with Crippen LogP contribution in [-0.2, 0) is 28.8 Å². The molecule has 3 N–H and O–H groups in total. The lowest BCUT2D eigenvalue weighted by molar-refractivity contribution is -0.133. The Balaban J connectivity index is 1.89. The summed E-state index contributed by atoms with van der Waals surface area (Å²) in [7, 11) is 0. The van der Waals surface area contributed by atoms with Crippen LogP contribution in [0.1, 0.15) is 41.5 Å². The molecule has 4 rings (SSSR count). The summed E-state index contributed by atoms with van der Waals surface area (Å²) < 4.78 is 49.0. The highest BCUT2D eigenvalue weighted by Crippen LogP contribution is 2.50. The monoisotopic (exact) mass is 750 g/mol. The Bertz CT molecular complexity index is 2070. The first-order valence-corrected chi connectivity index (χ1v) is 15.3. The van der Waals surface area contributed by atoms with Crippen molar-refractivity contribution in [3.63, 3.8) is 0 Å². The first-order chi connectivity index (χ1) is 25.4. The molecule has 4 aromatic rings. The molecule has 0 saturated heterocycles. The van der Waals surface area contributed by atoms with Crippen LogP contribution < -0.4 is 42.6 Å². The molecule has 0 radical (unpaired) electrons. The van der Waals surface area contributed by atoms with Crippen LogP contribution in [0, 0.1) is 0 Å². The highest BCUT2D eigenvalue weighted by atomic mass is 16.6. The summed E-state index contributed by atoms with van der Waals surface area (Å²) in [5.74, 6) is -10.9. The molecular weight excluding hydrogens is 720 g/mol. The van der Waals surface area contributed by atoms with Crippen LogP contribution in [0.2, 0.25) is 0 Å². The maximum atomic E-state index is 12.3. The maximum Gasteiger partial charge on any atom is 0.308 e. The molecule has 18 heteroatoms. The van der Waals surface area contributed by atoms with Crippen molar-refractivity contribution in [2.45, 2.75) is 41.5 Å². The summed E-state index contributed by atoms with van der Waals surface area (Å²) in [6.45, 7) is 6.40. The van der Waals surface area contributed by atoms with Crippen molar-refractivity contribution in [3.05, 3.63) is 54.6 Å². The molecule has 18 nitrogen and oxygen atoms in total. The van der Waals surface area contributed by atoms with E-state index in [1.807, 2.05) is 0 Å². The highest BCUT2D eigenvalue weighted by molar-refractivity contribution is 5.78. The van der Waals surface area contributed by atoms with Crippen LogP contribution in [0.5, 0.6) is 86.2 Å². The van der Waals surface area contributed by atoms with Gasteiger partial charge in [-0.3, -0.25) is 28.8 Å². The second-order valence-electron chi connectivity index (χ2n) is 10.8. The summed E-state index contributed by atoms with van der Waals surface area (Å²) >= 11 is 0. The van der Waals surface area contributed by atoms with Gasteiger partial charge in [0.2, 0.25) is 17.2 Å². The van der Waals surface area contributed by atoms with E-state index in [1.54, 1.807) is 0 Å². The average Bonchev–Trinajstić information content (AvgIpc) is 3.00. The van der Waals surface area contributed by atoms with Crippen molar-refractivity contribution in [1.82, 2.24) is 0 Å². The molecule has 0 saturated carbocycles. The van der Waals surface area contributed by atoms with Crippen LogP contribution >= 0.6 is 0 Å². The average molecular weight is 751 g/mol. The van der Waals surface area contributed by atoms with E-state index in [4.69, 9.17) is 42.6 Å². The number of rotatable bonds is 12. The highest BCUT2D eigenvalue weighted by Gasteiger charge is 2.25. The van der Waals surface area contributed by atoms with Crippen molar-refractivity contribution in [2.24, 2.45) is 0 Å². The third-order valence-electron chi connectivity index (χ3n) is 6.07. The number of hydrogen-bond acceptors (Lipinski definition) is 18. The summed E-state index contributed by atoms with van der Waals surface area (Å²) in [4.78, 5) is 72.1. The van der Waals surface area contributed by atoms with E-state index in [9.17, 15) is 44.1 Å². The molecule has 0 aliphatic carbocycles. The number of carbonyl (C=O) groups excluding carboxylic acids is 6. The Morgan fingerprint density at radius 3 is 0.944 bits per heavy atom. The molecule has 0 heterocycles. The minimum absolute atomic E-state index is 0.177. The molecule has 0 atom stereocenters. The Morgan fingerprint density at radius 2 is 0.611 bits per heavy atom. The Labute approximate surface area is 304 Å². The van der Waals surface area contributed by atoms with Crippen molar-refractivity contribution in [1.29, 1.82) is 0 Å². The van der Waals surface area contributed by atoms with Crippen LogP contribution in [0.3, 0.4) is 0 Å². The van der Waals surface area contributed by atoms with Crippen LogP contribution in [-0.4, -0.2) is 51.1 Å². The van der Waals surface area contributed by atoms with Crippen LogP contribution in [0.4, 0.5) is 0 Å². The Hall–Kier alpha value is -7.50. The molecule has 0 unspecified atom stereocenters. The van der Waals surface area contributed by atoms with E-state index in [0.29, 0.717) is 0 Å². The predicted octanol–water partition coefficient (Wildman–Crippen LogP) is 5.73. The normalized spacial score (nSPS) is 10.3. The molecule has 0 aromatic heterocycles. The lowest BCUT2D eigenvalue weighted by atomic mass is 10.2. The number of aromatic hydroxyl groups is 3. The number of hydrogen-bond donors (Lipinski definition) is 3. The summed E-state index contributed by atoms with van der Waals surface area (Å²) in [5, 5.41) is 30.2. The van der Waals surface area contributed by atoms with Crippen molar-refractivity contribution >= 4 is 35.8 Å². The molecule has 54 heavy (non-hydrogen) atoms. The summed E-state index contributed by atoms with van der Waals surface area (Å²) in [6.07, 6.45) is 0. The van der Waals surface area contributed by atoms with Gasteiger partial charge in [-0.2, -0.15) is 0 Å². The third-order valence-corrected chi connectivity index (χ3v) is 6.07. The fraction of sp³-hybridized carbons (Fsp3) is 0.167. The second-order valence-corrected chi connectivity index (χ2v) is 10.8. The van der Waals surface area contributed by atoms with Crippen molar-refractivity contribution in [3.8, 4) is 86.2 Å². The van der Waals surface area contributed by atoms with Gasteiger partial charge in [0, 0.05) is 96.1 Å². The molecule has 282 valence electrons. The van der Waals surface area contributed by atoms with Gasteiger partial charge in [0.1, 0.15) is 34.5 Å². The molecule has 0 fully saturated rings. The first kappa shape index (κ1) is 39.3. The van der Waals surface area contributed by atoms with E-state index in [-0.39, 0.29) is 40.2 Å². The van der Waals surface area contributed by atoms with E-state index < -0.39 is 81.8 Å². The number of phenols is 3. The van der Waals surface area contributed by atoms with Crippen molar-refractivity contribution < 1.29 is 86.7 Å². The van der Waals surface area contributed by atoms with Crippen LogP contribution in [0.25, 0.3) is 0 Å². The summed E-state index contributed by atoms with van der Waals surface area (Å²) in [6, 6.07) is 9.68. The molecule has 4 aromatic carbocycles. The van der Waals surface area contributed by atoms with Gasteiger partial charge < -0.3 is 58.0 Å². The zero-order chi connectivity index (χ0) is 39.9. The fourth-order valence-corrected chi connectivity index (χ4v) is 4.44. The molecule has 0 aliphatic rings. The molecule has 0 spiro atoms. The number of ether oxygens (including phenoxy) is 9. The van der Waals surface area contributed by atoms with Gasteiger partial charge in [-0.1, -0.05) is 0 Å². The number of phenolic OH excluding ortho intramolecular Hbond substituents is 3. The van der Waals surface area contributed by atoms with Gasteiger partial charge in [-0.15, -0.1) is 0 Å². The quantitative estimate of drug-likeness (QED) is 0.115. The molecule has 0 aliphatic heterocycles. The topological polar surface area (TPSA) is 246 Å². The minimum Gasteiger partial charge on any atom is -0.508 e. The van der Waals surface area contributed by atoms with Crippen LogP contribution in [0.15, 0.2) is 54.6 Å². The Morgan fingerprint density at radius 1 is 0.352 bits per heavy atom. The van der Waals surface area contributed by atoms with Gasteiger partial charge in [-0.05, 0) is 0 Å². The van der Waals surface area contributed by atoms with Gasteiger partial charge in [-0.25, -0.2) is 0 Å². The molecule has 0 amide bonds. The number of carbonyl (C=O) groups is 6. The standard InChI is InChI=1S/C36H30O18/c1-16(37)46-23-9-24(52-34-28(44)7-22(43)8-29(34)45)11-25(10-23)53-35-32(50-20(5)41)14-27(15-33(35)51-21(6)42)54-36-30(48-18(3)39)12-26(47-17(2)38)13-31(36)49-19(4)40/h7-15,43-45H,1-6H3. The second kappa shape index (κ2) is 16.7. The minimum atomic E-state index is -0.895. The van der Waals surface area contributed by atoms with Gasteiger partial charge >= 0.3 is 35.8 Å². The van der Waals surface area contributed by atoms with E-state index in [1.165, 1.54) is 18.2 Å². The van der Waals surface area contributed by atoms with Gasteiger partial charge in [0.05, 0.1) is 0 Å². The predicted molar refractivity (Wildman–Crippen MR) is 179 cm³/mol. The van der Waals surface area contributed by atoms with E-state index >= 15 is 0 Å². The van der Waals surface area contributed by atoms with Crippen molar-refractivity contribution in [2.75, 3.05) is 0 Å². The van der Waals surface area contributed by atoms with Gasteiger partial charge in [0.25, 0.3) is 0 Å². The van der Waals surface area contributed by atoms with E-state index in [0.717, 1.165) is 77.9 Å². The molecule has 0 bridgehead atoms. The van der Waals surface area contributed by atoms with Gasteiger partial charge in [0.15, 0.2) is 34.5 Å². The zero-order valence-electron chi connectivity index (χ0n) is 29.2. The Kier molecular flexibility index (Phi) is 12.1. The number of benzene rings is 4. The lowest BCUT2D eigenvalue weighted by Crippen LogP contribution is -2.09. The summed E-state index contributed by atoms with van der Waals surface area (Å²) in [5.41, 5.74) is 0. The van der Waals surface area contributed by atoms with E-state index in [2.05, 4.69) is 0 Å². The lowest BCUT2D eigenvalue weighted by Gasteiger charge is -2.19. The largest absolute Gasteiger partial charge is 0.508 e. The maximum absolute atomic E-state index is 12.3. The number of esters is 6. The first-order valence-electron chi connectivity index (χ1n) is 15.3. The molecular formula is C36H30O18.